The van der Waals surface area contributed by atoms with Crippen LogP contribution in [-0.2, 0) is 0 Å². The molecule has 0 bridgehead atoms. The van der Waals surface area contributed by atoms with Crippen molar-refractivity contribution in [2.24, 2.45) is 11.7 Å². The van der Waals surface area contributed by atoms with Gasteiger partial charge in [0.05, 0.1) is 6.61 Å². The third-order valence-electron chi connectivity index (χ3n) is 2.32. The Hall–Kier alpha value is -1.13. The molecule has 0 aromatic heterocycles. The number of aliphatic hydroxyl groups is 1. The third kappa shape index (κ3) is 3.47. The van der Waals surface area contributed by atoms with Crippen molar-refractivity contribution in [3.8, 4) is 5.75 Å². The van der Waals surface area contributed by atoms with E-state index in [1.165, 1.54) is 6.07 Å². The molecule has 0 aliphatic rings. The fourth-order valence-electron chi connectivity index (χ4n) is 1.20. The second-order valence-corrected chi connectivity index (χ2v) is 4.08. The van der Waals surface area contributed by atoms with E-state index in [1.807, 2.05) is 6.92 Å². The summed E-state index contributed by atoms with van der Waals surface area (Å²) in [5.41, 5.74) is 6.37. The van der Waals surface area contributed by atoms with Crippen molar-refractivity contribution in [1.82, 2.24) is 0 Å². The number of benzene rings is 1. The van der Waals surface area contributed by atoms with Crippen molar-refractivity contribution < 1.29 is 14.2 Å². The average molecular weight is 227 g/mol. The number of aliphatic hydroxyl groups excluding tert-OH is 1. The van der Waals surface area contributed by atoms with E-state index in [0.29, 0.717) is 6.61 Å². The van der Waals surface area contributed by atoms with Crippen LogP contribution in [0.4, 0.5) is 4.39 Å². The van der Waals surface area contributed by atoms with Crippen LogP contribution < -0.4 is 10.5 Å². The summed E-state index contributed by atoms with van der Waals surface area (Å²) in [5, 5.41) is 8.81. The van der Waals surface area contributed by atoms with Gasteiger partial charge >= 0.3 is 0 Å². The largest absolute Gasteiger partial charge is 0.490 e. The first-order valence-corrected chi connectivity index (χ1v) is 5.33. The molecule has 0 radical (unpaired) electrons. The lowest BCUT2D eigenvalue weighted by Crippen LogP contribution is -2.13. The summed E-state index contributed by atoms with van der Waals surface area (Å²) in [4.78, 5) is 0. The number of ether oxygens (including phenoxy) is 1. The molecule has 0 spiro atoms. The molecule has 0 saturated carbocycles. The molecule has 0 saturated heterocycles. The van der Waals surface area contributed by atoms with E-state index < -0.39 is 5.82 Å². The van der Waals surface area contributed by atoms with E-state index >= 15 is 0 Å². The molecule has 0 amide bonds. The molecule has 0 fully saturated rings. The van der Waals surface area contributed by atoms with Crippen molar-refractivity contribution in [3.63, 3.8) is 0 Å². The summed E-state index contributed by atoms with van der Waals surface area (Å²) in [6.45, 7) is 3.95. The minimum Gasteiger partial charge on any atom is -0.490 e. The summed E-state index contributed by atoms with van der Waals surface area (Å²) in [6, 6.07) is 4.49. The summed E-state index contributed by atoms with van der Waals surface area (Å²) < 4.78 is 18.8. The van der Waals surface area contributed by atoms with E-state index in [-0.39, 0.29) is 24.3 Å². The first kappa shape index (κ1) is 12.9. The number of nitrogens with two attached hydrogens (primary N) is 1. The lowest BCUT2D eigenvalue weighted by atomic mass is 10.1. The van der Waals surface area contributed by atoms with Gasteiger partial charge in [-0.3, -0.25) is 0 Å². The Bertz CT molecular complexity index is 342. The molecule has 2 atom stereocenters. The predicted octanol–water partition coefficient (Wildman–Crippen LogP) is 1.85. The quantitative estimate of drug-likeness (QED) is 0.807. The molecule has 1 rings (SSSR count). The Morgan fingerprint density at radius 3 is 2.62 bits per heavy atom. The highest BCUT2D eigenvalue weighted by molar-refractivity contribution is 5.30. The molecule has 3 nitrogen and oxygen atoms in total. The Kier molecular flexibility index (Phi) is 4.71. The maximum atomic E-state index is 13.5. The van der Waals surface area contributed by atoms with Gasteiger partial charge in [0.2, 0.25) is 0 Å². The molecule has 0 aliphatic carbocycles. The van der Waals surface area contributed by atoms with Crippen LogP contribution >= 0.6 is 0 Å². The standard InChI is InChI=1S/C12H18FNO2/c1-8(6-15)7-16-12-4-3-10(9(2)14)5-11(12)13/h3-5,8-9,15H,6-7,14H2,1-2H3. The molecule has 3 N–H and O–H groups in total. The highest BCUT2D eigenvalue weighted by atomic mass is 19.1. The van der Waals surface area contributed by atoms with Gasteiger partial charge in [0.15, 0.2) is 11.6 Å². The number of hydrogen-bond donors (Lipinski definition) is 2. The van der Waals surface area contributed by atoms with Gasteiger partial charge in [-0.05, 0) is 24.6 Å². The van der Waals surface area contributed by atoms with Crippen molar-refractivity contribution in [2.75, 3.05) is 13.2 Å². The topological polar surface area (TPSA) is 55.5 Å². The first-order chi connectivity index (χ1) is 7.54. The van der Waals surface area contributed by atoms with Crippen LogP contribution in [-0.4, -0.2) is 18.3 Å². The van der Waals surface area contributed by atoms with E-state index in [1.54, 1.807) is 19.1 Å². The summed E-state index contributed by atoms with van der Waals surface area (Å²) >= 11 is 0. The molecule has 90 valence electrons. The van der Waals surface area contributed by atoms with Crippen molar-refractivity contribution in [2.45, 2.75) is 19.9 Å². The smallest absolute Gasteiger partial charge is 0.165 e. The normalized spacial score (nSPS) is 14.6. The fraction of sp³-hybridized carbons (Fsp3) is 0.500. The summed E-state index contributed by atoms with van der Waals surface area (Å²) in [6.07, 6.45) is 0. The van der Waals surface area contributed by atoms with Gasteiger partial charge in [0, 0.05) is 18.6 Å². The lowest BCUT2D eigenvalue weighted by Gasteiger charge is -2.12. The van der Waals surface area contributed by atoms with Crippen LogP contribution in [0.3, 0.4) is 0 Å². The average Bonchev–Trinajstić information content (AvgIpc) is 2.26. The highest BCUT2D eigenvalue weighted by Gasteiger charge is 2.08. The molecule has 0 aliphatic heterocycles. The minimum atomic E-state index is -0.417. The fourth-order valence-corrected chi connectivity index (χ4v) is 1.20. The van der Waals surface area contributed by atoms with Gasteiger partial charge < -0.3 is 15.6 Å². The number of halogens is 1. The molecule has 2 unspecified atom stereocenters. The van der Waals surface area contributed by atoms with Gasteiger partial charge in [0.1, 0.15) is 0 Å². The van der Waals surface area contributed by atoms with Gasteiger partial charge in [-0.2, -0.15) is 0 Å². The Balaban J connectivity index is 2.68. The van der Waals surface area contributed by atoms with Gasteiger partial charge in [-0.15, -0.1) is 0 Å². The van der Waals surface area contributed by atoms with Crippen LogP contribution in [0.1, 0.15) is 25.5 Å². The zero-order valence-electron chi connectivity index (χ0n) is 9.61. The molecule has 1 aromatic carbocycles. The highest BCUT2D eigenvalue weighted by Crippen LogP contribution is 2.21. The minimum absolute atomic E-state index is 0.00694. The summed E-state index contributed by atoms with van der Waals surface area (Å²) in [7, 11) is 0. The van der Waals surface area contributed by atoms with Crippen LogP contribution in [0.2, 0.25) is 0 Å². The molecular weight excluding hydrogens is 209 g/mol. The van der Waals surface area contributed by atoms with Gasteiger partial charge in [-0.25, -0.2) is 4.39 Å². The van der Waals surface area contributed by atoms with E-state index in [4.69, 9.17) is 15.6 Å². The number of hydrogen-bond acceptors (Lipinski definition) is 3. The molecule has 1 aromatic rings. The third-order valence-corrected chi connectivity index (χ3v) is 2.32. The maximum Gasteiger partial charge on any atom is 0.165 e. The van der Waals surface area contributed by atoms with Crippen molar-refractivity contribution in [3.05, 3.63) is 29.6 Å². The van der Waals surface area contributed by atoms with Crippen molar-refractivity contribution >= 4 is 0 Å². The second-order valence-electron chi connectivity index (χ2n) is 4.08. The SMILES string of the molecule is CC(CO)COc1ccc(C(C)N)cc1F. The Labute approximate surface area is 95.0 Å². The first-order valence-electron chi connectivity index (χ1n) is 5.33. The lowest BCUT2D eigenvalue weighted by molar-refractivity contribution is 0.171. The van der Waals surface area contributed by atoms with Crippen LogP contribution in [0.5, 0.6) is 5.75 Å². The summed E-state index contributed by atoms with van der Waals surface area (Å²) in [5.74, 6) is -0.225. The molecule has 0 heterocycles. The molecule has 16 heavy (non-hydrogen) atoms. The zero-order valence-corrected chi connectivity index (χ0v) is 9.61. The van der Waals surface area contributed by atoms with Crippen LogP contribution in [0.25, 0.3) is 0 Å². The van der Waals surface area contributed by atoms with Gasteiger partial charge in [0.25, 0.3) is 0 Å². The second kappa shape index (κ2) is 5.82. The molecule has 4 heteroatoms. The number of rotatable bonds is 5. The van der Waals surface area contributed by atoms with E-state index in [0.717, 1.165) is 5.56 Å². The van der Waals surface area contributed by atoms with E-state index in [2.05, 4.69) is 0 Å². The van der Waals surface area contributed by atoms with Crippen molar-refractivity contribution in [1.29, 1.82) is 0 Å². The van der Waals surface area contributed by atoms with E-state index in [9.17, 15) is 4.39 Å². The van der Waals surface area contributed by atoms with Crippen LogP contribution in [0, 0.1) is 11.7 Å². The van der Waals surface area contributed by atoms with Crippen LogP contribution in [0.15, 0.2) is 18.2 Å². The maximum absolute atomic E-state index is 13.5. The monoisotopic (exact) mass is 227 g/mol. The zero-order chi connectivity index (χ0) is 12.1. The Morgan fingerprint density at radius 2 is 2.12 bits per heavy atom. The Morgan fingerprint density at radius 1 is 1.44 bits per heavy atom. The van der Waals surface area contributed by atoms with Gasteiger partial charge in [-0.1, -0.05) is 13.0 Å². The molecular formula is C12H18FNO2. The predicted molar refractivity (Wildman–Crippen MR) is 60.7 cm³/mol.